The topological polar surface area (TPSA) is 258 Å². The Morgan fingerprint density at radius 2 is 1.36 bits per heavy atom. The molecule has 0 spiro atoms. The molecule has 1 atom stereocenters. The molecule has 2 rings (SSSR count). The van der Waals surface area contributed by atoms with Gasteiger partial charge in [-0.05, 0) is 51.6 Å². The van der Waals surface area contributed by atoms with Gasteiger partial charge in [-0.15, -0.1) is 23.2 Å². The van der Waals surface area contributed by atoms with Crippen LogP contribution in [-0.4, -0.2) is 170 Å². The maximum absolute atomic E-state index is 10.6. The van der Waals surface area contributed by atoms with Gasteiger partial charge in [0.2, 0.25) is 17.7 Å². The molecule has 2 fully saturated rings. The molecule has 0 radical (unpaired) electrons. The first-order valence-corrected chi connectivity index (χ1v) is 19.2. The molecular formula is C37H78Cl2N10O9. The number of azide groups is 1. The Kier molecular flexibility index (Phi) is 73.8. The van der Waals surface area contributed by atoms with Gasteiger partial charge < -0.3 is 49.5 Å². The molecule has 2 aliphatic heterocycles. The summed E-state index contributed by atoms with van der Waals surface area (Å²) < 4.78 is 17.7. The number of nitrogens with two attached hydrogens (primary N) is 1. The molecule has 0 aromatic carbocycles. The number of amides is 3. The summed E-state index contributed by atoms with van der Waals surface area (Å²) in [6, 6.07) is 0.218. The van der Waals surface area contributed by atoms with Gasteiger partial charge in [-0.3, -0.25) is 24.6 Å². The van der Waals surface area contributed by atoms with Gasteiger partial charge in [-0.1, -0.05) is 26.8 Å². The molecule has 0 aromatic rings. The predicted molar refractivity (Wildman–Crippen MR) is 238 cm³/mol. The molecule has 0 bridgehead atoms. The van der Waals surface area contributed by atoms with Crippen LogP contribution in [0.5, 0.6) is 0 Å². The Bertz CT molecular complexity index is 1050. The van der Waals surface area contributed by atoms with Crippen molar-refractivity contribution in [3.8, 4) is 0 Å². The number of esters is 1. The van der Waals surface area contributed by atoms with Crippen molar-refractivity contribution in [2.75, 3.05) is 108 Å². The fourth-order valence-electron chi connectivity index (χ4n) is 1.36. The number of nitrogens with one attached hydrogen (secondary N) is 2. The number of carbonyl (C=O) groups is 5. The molecule has 58 heavy (non-hydrogen) atoms. The molecule has 0 saturated carbocycles. The van der Waals surface area contributed by atoms with Crippen LogP contribution in [0.25, 0.3) is 10.4 Å². The van der Waals surface area contributed by atoms with Gasteiger partial charge in [0.15, 0.2) is 5.90 Å². The van der Waals surface area contributed by atoms with E-state index in [1.54, 1.807) is 55.0 Å². The number of aliphatic imine (C=N–C) groups is 1. The SMILES string of the molecule is C/C=C/C(=O)N(C)C.CC(=O)N=[N+]=[N-].CC1CO1.CCC(=O)NC.CCC(=O)OC.CCC(C)=O.CN(CCCl)CCCl.CN1CC1.CN=C(N)OC.COC(C)=N. The number of hydrogen-bond donors (Lipinski definition) is 3. The first-order valence-electron chi connectivity index (χ1n) is 18.1. The number of hydrogen-bond acceptors (Lipinski definition) is 13. The van der Waals surface area contributed by atoms with E-state index in [-0.39, 0.29) is 35.5 Å². The smallest absolute Gasteiger partial charge is 0.305 e. The predicted octanol–water partition coefficient (Wildman–Crippen LogP) is 5.13. The van der Waals surface area contributed by atoms with Gasteiger partial charge in [-0.25, -0.2) is 4.99 Å². The number of nitrogens with zero attached hydrogens (tertiary/aromatic N) is 7. The van der Waals surface area contributed by atoms with E-state index in [1.165, 1.54) is 52.3 Å². The van der Waals surface area contributed by atoms with Crippen molar-refractivity contribution >= 4 is 64.6 Å². The third kappa shape index (κ3) is 117. The number of epoxide rings is 1. The number of ether oxygens (including phenoxy) is 4. The quantitative estimate of drug-likeness (QED) is 0.0330. The monoisotopic (exact) mass is 877 g/mol. The Hall–Kier alpha value is -4.00. The van der Waals surface area contributed by atoms with Crippen LogP contribution in [0.1, 0.15) is 74.7 Å². The van der Waals surface area contributed by atoms with E-state index in [1.807, 2.05) is 27.8 Å². The molecule has 4 N–H and O–H groups in total. The van der Waals surface area contributed by atoms with E-state index in [0.717, 1.165) is 19.7 Å². The lowest BCUT2D eigenvalue weighted by Gasteiger charge is -2.11. The minimum atomic E-state index is -0.502. The summed E-state index contributed by atoms with van der Waals surface area (Å²) >= 11 is 10.9. The fraction of sp³-hybridized carbons (Fsp3) is 0.757. The van der Waals surface area contributed by atoms with E-state index >= 15 is 0 Å². The number of allylic oxidation sites excluding steroid dienone is 1. The largest absolute Gasteiger partial charge is 0.485 e. The van der Waals surface area contributed by atoms with Crippen LogP contribution in [-0.2, 0) is 42.9 Å². The van der Waals surface area contributed by atoms with E-state index in [9.17, 15) is 24.0 Å². The maximum Gasteiger partial charge on any atom is 0.305 e. The highest BCUT2D eigenvalue weighted by Gasteiger charge is 2.13. The zero-order valence-electron chi connectivity index (χ0n) is 38.4. The first-order chi connectivity index (χ1) is 27.0. The third-order valence-corrected chi connectivity index (χ3v) is 5.73. The van der Waals surface area contributed by atoms with Crippen LogP contribution in [0.4, 0.5) is 0 Å². The summed E-state index contributed by atoms with van der Waals surface area (Å²) in [6.07, 6.45) is 5.55. The van der Waals surface area contributed by atoms with E-state index in [0.29, 0.717) is 37.1 Å². The van der Waals surface area contributed by atoms with Gasteiger partial charge in [0.05, 0.1) is 34.0 Å². The second-order valence-electron chi connectivity index (χ2n) is 11.1. The van der Waals surface area contributed by atoms with Crippen molar-refractivity contribution in [2.24, 2.45) is 15.8 Å². The Morgan fingerprint density at radius 1 is 0.966 bits per heavy atom. The van der Waals surface area contributed by atoms with Crippen molar-refractivity contribution in [1.29, 1.82) is 5.41 Å². The van der Waals surface area contributed by atoms with Crippen molar-refractivity contribution in [2.45, 2.75) is 80.8 Å². The molecule has 344 valence electrons. The Morgan fingerprint density at radius 3 is 1.41 bits per heavy atom. The number of amidine groups is 1. The lowest BCUT2D eigenvalue weighted by molar-refractivity contribution is -0.140. The van der Waals surface area contributed by atoms with Crippen molar-refractivity contribution in [3.05, 3.63) is 22.6 Å². The minimum absolute atomic E-state index is 0.0347. The van der Waals surface area contributed by atoms with Gasteiger partial charge in [0.1, 0.15) is 5.78 Å². The van der Waals surface area contributed by atoms with Crippen LogP contribution in [0.2, 0.25) is 0 Å². The number of halogens is 2. The van der Waals surface area contributed by atoms with Crippen LogP contribution in [0, 0.1) is 5.41 Å². The average molecular weight is 878 g/mol. The standard InChI is InChI=1S/C6H11NO.C5H11Cl2N.C4H9NO.C4H8O2.C4H8O.C3H8N2O.C3H7NO.C3H7N.C3H6O.C2H3N3O/c1-4-5-6(8)7(2)3;1-8(4-2-6)5-3-7;1-3-4(6)5-2;1-3-4(5)6-2;1-3-4(2)5;1-5-3(4)6-2;1-3(4)5-2;1-4-2-3-4;1-3-2-4-3;1-2(6)4-5-3/h4-5H,1-3H3;2-5H2,1H3;3H2,1-2H3,(H,5,6);3H2,1-2H3;3H2,1-2H3;1-2H3,(H2,4,5);4H,1-2H3;2-3H2,1H3;3H,2H2,1H3;1H3/b5-4+;;;;;;;;;. The molecular weight excluding hydrogens is 799 g/mol. The lowest BCUT2D eigenvalue weighted by atomic mass is 10.4. The molecule has 2 aliphatic rings. The average Bonchev–Trinajstić information content (AvgIpc) is 4.15. The Labute approximate surface area is 359 Å². The Balaban J connectivity index is -0.0000000803. The first kappa shape index (κ1) is 71.7. The zero-order valence-corrected chi connectivity index (χ0v) is 40.0. The molecule has 19 nitrogen and oxygen atoms in total. The summed E-state index contributed by atoms with van der Waals surface area (Å²) in [7, 11) is 15.1. The van der Waals surface area contributed by atoms with E-state index in [4.69, 9.17) is 44.6 Å². The van der Waals surface area contributed by atoms with Crippen LogP contribution in [0.3, 0.4) is 0 Å². The zero-order chi connectivity index (χ0) is 47.5. The van der Waals surface area contributed by atoms with Gasteiger partial charge >= 0.3 is 5.97 Å². The third-order valence-electron chi connectivity index (χ3n) is 5.39. The van der Waals surface area contributed by atoms with E-state index in [2.05, 4.69) is 58.3 Å². The number of likely N-dealkylation sites (N-methyl/N-ethyl adjacent to an activating group) is 2. The van der Waals surface area contributed by atoms with Crippen molar-refractivity contribution in [1.82, 2.24) is 20.0 Å². The maximum atomic E-state index is 10.6. The minimum Gasteiger partial charge on any atom is -0.485 e. The summed E-state index contributed by atoms with van der Waals surface area (Å²) in [4.78, 5) is 61.6. The molecule has 1 unspecified atom stereocenters. The highest BCUT2D eigenvalue weighted by Crippen LogP contribution is 2.04. The van der Waals surface area contributed by atoms with Crippen molar-refractivity contribution in [3.63, 3.8) is 0 Å². The highest BCUT2D eigenvalue weighted by molar-refractivity contribution is 6.18. The molecule has 3 amide bonds. The second-order valence-corrected chi connectivity index (χ2v) is 11.9. The molecule has 0 aliphatic carbocycles. The van der Waals surface area contributed by atoms with Crippen LogP contribution < -0.4 is 11.1 Å². The fourth-order valence-corrected chi connectivity index (χ4v) is 1.94. The number of alkyl halides is 2. The molecule has 2 heterocycles. The molecule has 21 heteroatoms. The van der Waals surface area contributed by atoms with Crippen molar-refractivity contribution < 1.29 is 42.9 Å². The normalized spacial score (nSPS) is 12.0. The number of Topliss-reactive ketones (excluding diaryl/α,β-unsaturated/α-hetero) is 1. The number of rotatable bonds is 8. The highest BCUT2D eigenvalue weighted by atomic mass is 35.5. The summed E-state index contributed by atoms with van der Waals surface area (Å²) in [5.74, 6) is 1.35. The molecule has 2 saturated heterocycles. The summed E-state index contributed by atoms with van der Waals surface area (Å²) in [5.41, 5.74) is 12.5. The number of methoxy groups -OCH3 is 3. The molecule has 0 aromatic heterocycles. The summed E-state index contributed by atoms with van der Waals surface area (Å²) in [6.45, 7) is 19.1. The van der Waals surface area contributed by atoms with Crippen LogP contribution >= 0.6 is 23.2 Å². The van der Waals surface area contributed by atoms with Crippen LogP contribution in [0.15, 0.2) is 22.3 Å². The lowest BCUT2D eigenvalue weighted by Crippen LogP contribution is -2.22. The second kappa shape index (κ2) is 59.7. The number of carbonyl (C=O) groups excluding carboxylic acids is 5. The van der Waals surface area contributed by atoms with Gasteiger partial charge in [0, 0.05) is 104 Å². The van der Waals surface area contributed by atoms with E-state index < -0.39 is 5.91 Å². The summed E-state index contributed by atoms with van der Waals surface area (Å²) in [5, 5.41) is 11.7. The number of ketones is 1. The van der Waals surface area contributed by atoms with Gasteiger partial charge in [0.25, 0.3) is 6.02 Å². The van der Waals surface area contributed by atoms with Gasteiger partial charge in [-0.2, -0.15) is 0 Å².